The van der Waals surface area contributed by atoms with Crippen LogP contribution in [0.15, 0.2) is 18.3 Å². The third-order valence-corrected chi connectivity index (χ3v) is 6.93. The highest BCUT2D eigenvalue weighted by molar-refractivity contribution is 6.07. The molecule has 1 heterocycles. The molecule has 0 unspecified atom stereocenters. The number of rotatable bonds is 9. The van der Waals surface area contributed by atoms with E-state index in [1.54, 1.807) is 12.3 Å². The van der Waals surface area contributed by atoms with E-state index < -0.39 is 5.82 Å². The summed E-state index contributed by atoms with van der Waals surface area (Å²) < 4.78 is 14.7. The Balaban J connectivity index is 1.47. The van der Waals surface area contributed by atoms with Crippen LogP contribution in [0, 0.1) is 17.7 Å². The molecule has 6 rings (SSSR count). The van der Waals surface area contributed by atoms with Crippen molar-refractivity contribution in [3.63, 3.8) is 0 Å². The Kier molecular flexibility index (Phi) is 5.28. The summed E-state index contributed by atoms with van der Waals surface area (Å²) in [5.74, 6) is 0.513. The van der Waals surface area contributed by atoms with Gasteiger partial charge in [-0.25, -0.2) is 4.39 Å². The topological polar surface area (TPSA) is 83.1 Å². The Labute approximate surface area is 181 Å². The molecule has 4 aliphatic carbocycles. The monoisotopic (exact) mass is 424 g/mol. The van der Waals surface area contributed by atoms with E-state index in [9.17, 15) is 14.0 Å². The van der Waals surface area contributed by atoms with E-state index in [0.29, 0.717) is 46.5 Å². The predicted octanol–water partition coefficient (Wildman–Crippen LogP) is 3.55. The number of carbonyl (C=O) groups excluding carboxylic acids is 2. The highest BCUT2D eigenvalue weighted by atomic mass is 19.1. The van der Waals surface area contributed by atoms with Crippen LogP contribution < -0.4 is 16.0 Å². The largest absolute Gasteiger partial charge is 0.381 e. The molecule has 3 N–H and O–H groups in total. The molecule has 2 amide bonds. The van der Waals surface area contributed by atoms with E-state index >= 15 is 0 Å². The number of fused-ring (bicyclic) bond motifs is 1. The number of aromatic nitrogens is 1. The van der Waals surface area contributed by atoms with Gasteiger partial charge >= 0.3 is 0 Å². The highest BCUT2D eigenvalue weighted by Crippen LogP contribution is 2.55. The number of carbonyl (C=O) groups is 2. The number of hydrogen-bond donors (Lipinski definition) is 3. The first kappa shape index (κ1) is 20.2. The summed E-state index contributed by atoms with van der Waals surface area (Å²) in [6.07, 6.45) is 7.88. The number of nitrogens with zero attached hydrogens (tertiary/aromatic N) is 1. The fourth-order valence-electron chi connectivity index (χ4n) is 4.54. The lowest BCUT2D eigenvalue weighted by Crippen LogP contribution is -2.59. The zero-order valence-electron chi connectivity index (χ0n) is 17.8. The lowest BCUT2D eigenvalue weighted by atomic mass is 9.52. The van der Waals surface area contributed by atoms with Crippen LogP contribution in [0.4, 0.5) is 10.1 Å². The summed E-state index contributed by atoms with van der Waals surface area (Å²) in [6, 6.07) is 3.67. The molecule has 31 heavy (non-hydrogen) atoms. The standard InChI is InChI=1S/C24H29FN4O2/c1-2-3-6-26-21(30)10-13-9-17-20(11-19(13)25)27-12-18(24(31)28-16-4-5-16)23(17)29-22-14-7-15(22)8-14/h9,11-12,14-16,22H,2-8,10H2,1H3,(H,26,30)(H,27,29)(H,28,31). The molecule has 1 aromatic carbocycles. The van der Waals surface area contributed by atoms with E-state index in [-0.39, 0.29) is 24.3 Å². The third-order valence-electron chi connectivity index (χ3n) is 6.93. The molecule has 0 aliphatic heterocycles. The predicted molar refractivity (Wildman–Crippen MR) is 117 cm³/mol. The van der Waals surface area contributed by atoms with Crippen LogP contribution in [0.25, 0.3) is 10.9 Å². The molecule has 4 aliphatic rings. The van der Waals surface area contributed by atoms with Gasteiger partial charge in [0, 0.05) is 36.3 Å². The van der Waals surface area contributed by atoms with Gasteiger partial charge in [0.2, 0.25) is 5.91 Å². The van der Waals surface area contributed by atoms with Gasteiger partial charge in [-0.3, -0.25) is 14.6 Å². The molecule has 2 aromatic rings. The zero-order chi connectivity index (χ0) is 21.5. The first-order valence-corrected chi connectivity index (χ1v) is 11.5. The molecular weight excluding hydrogens is 395 g/mol. The molecule has 0 spiro atoms. The number of halogens is 1. The van der Waals surface area contributed by atoms with E-state index in [1.807, 2.05) is 0 Å². The van der Waals surface area contributed by atoms with Crippen molar-refractivity contribution in [2.24, 2.45) is 11.8 Å². The Bertz CT molecular complexity index is 1020. The lowest BCUT2D eigenvalue weighted by Gasteiger charge is -2.58. The third kappa shape index (κ3) is 3.98. The van der Waals surface area contributed by atoms with Gasteiger partial charge in [-0.15, -0.1) is 0 Å². The Hall–Kier alpha value is -2.70. The minimum atomic E-state index is -0.446. The van der Waals surface area contributed by atoms with Crippen molar-refractivity contribution >= 4 is 28.4 Å². The summed E-state index contributed by atoms with van der Waals surface area (Å²) in [5.41, 5.74) is 2.03. The van der Waals surface area contributed by atoms with Crippen molar-refractivity contribution in [3.05, 3.63) is 35.3 Å². The second kappa shape index (κ2) is 8.09. The van der Waals surface area contributed by atoms with Crippen LogP contribution in [0.3, 0.4) is 0 Å². The summed E-state index contributed by atoms with van der Waals surface area (Å²) in [5, 5.41) is 10.2. The molecule has 6 nitrogen and oxygen atoms in total. The highest BCUT2D eigenvalue weighted by Gasteiger charge is 2.52. The Morgan fingerprint density at radius 3 is 2.61 bits per heavy atom. The summed E-state index contributed by atoms with van der Waals surface area (Å²) in [6.45, 7) is 2.65. The second-order valence-electron chi connectivity index (χ2n) is 9.30. The van der Waals surface area contributed by atoms with Crippen LogP contribution in [-0.4, -0.2) is 35.4 Å². The molecule has 0 saturated heterocycles. The zero-order valence-corrected chi connectivity index (χ0v) is 17.8. The van der Waals surface area contributed by atoms with Crippen LogP contribution in [0.1, 0.15) is 61.4 Å². The number of benzene rings is 1. The molecule has 0 atom stereocenters. The summed E-state index contributed by atoms with van der Waals surface area (Å²) >= 11 is 0. The quantitative estimate of drug-likeness (QED) is 0.538. The van der Waals surface area contributed by atoms with Gasteiger partial charge in [-0.2, -0.15) is 0 Å². The van der Waals surface area contributed by atoms with Crippen LogP contribution >= 0.6 is 0 Å². The molecule has 164 valence electrons. The van der Waals surface area contributed by atoms with Crippen molar-refractivity contribution in [1.29, 1.82) is 0 Å². The summed E-state index contributed by atoms with van der Waals surface area (Å²) in [7, 11) is 0. The van der Waals surface area contributed by atoms with Gasteiger partial charge in [0.1, 0.15) is 5.82 Å². The average Bonchev–Trinajstić information content (AvgIpc) is 3.49. The Morgan fingerprint density at radius 2 is 1.97 bits per heavy atom. The van der Waals surface area contributed by atoms with E-state index in [4.69, 9.17) is 0 Å². The van der Waals surface area contributed by atoms with Crippen molar-refractivity contribution in [2.75, 3.05) is 11.9 Å². The SMILES string of the molecule is CCCCNC(=O)Cc1cc2c(NC3C4CC3C4)c(C(=O)NC3CC3)cnc2cc1F. The molecule has 0 radical (unpaired) electrons. The number of pyridine rings is 1. The maximum Gasteiger partial charge on any atom is 0.255 e. The van der Waals surface area contributed by atoms with Gasteiger partial charge in [-0.1, -0.05) is 13.3 Å². The fraction of sp³-hybridized carbons (Fsp3) is 0.542. The number of nitrogens with one attached hydrogen (secondary N) is 3. The fourth-order valence-corrected chi connectivity index (χ4v) is 4.54. The number of amides is 2. The smallest absolute Gasteiger partial charge is 0.255 e. The van der Waals surface area contributed by atoms with Crippen LogP contribution in [0.5, 0.6) is 0 Å². The van der Waals surface area contributed by atoms with Gasteiger partial charge in [-0.05, 0) is 55.6 Å². The number of anilines is 1. The molecule has 7 heteroatoms. The first-order chi connectivity index (χ1) is 15.0. The molecule has 1 aromatic heterocycles. The normalized spacial score (nSPS) is 23.6. The van der Waals surface area contributed by atoms with E-state index in [1.165, 1.54) is 18.9 Å². The van der Waals surface area contributed by atoms with E-state index in [0.717, 1.165) is 31.4 Å². The second-order valence-corrected chi connectivity index (χ2v) is 9.30. The minimum absolute atomic E-state index is 0.0297. The number of unbranched alkanes of at least 4 members (excludes halogenated alkanes) is 1. The van der Waals surface area contributed by atoms with Crippen LogP contribution in [0.2, 0.25) is 0 Å². The van der Waals surface area contributed by atoms with Gasteiger partial charge in [0.25, 0.3) is 5.91 Å². The number of hydrogen-bond acceptors (Lipinski definition) is 4. The molecule has 2 bridgehead atoms. The molecular formula is C24H29FN4O2. The molecule has 4 saturated carbocycles. The van der Waals surface area contributed by atoms with E-state index in [2.05, 4.69) is 27.9 Å². The minimum Gasteiger partial charge on any atom is -0.381 e. The van der Waals surface area contributed by atoms with Crippen molar-refractivity contribution in [2.45, 2.75) is 64.0 Å². The van der Waals surface area contributed by atoms with Gasteiger partial charge < -0.3 is 16.0 Å². The lowest BCUT2D eigenvalue weighted by molar-refractivity contribution is -0.120. The average molecular weight is 425 g/mol. The summed E-state index contributed by atoms with van der Waals surface area (Å²) in [4.78, 5) is 29.5. The maximum atomic E-state index is 14.7. The van der Waals surface area contributed by atoms with Crippen LogP contribution in [-0.2, 0) is 11.2 Å². The van der Waals surface area contributed by atoms with Gasteiger partial charge in [0.15, 0.2) is 0 Å². The molecule has 4 fully saturated rings. The first-order valence-electron chi connectivity index (χ1n) is 11.5. The van der Waals surface area contributed by atoms with Gasteiger partial charge in [0.05, 0.1) is 23.2 Å². The van der Waals surface area contributed by atoms with Crippen molar-refractivity contribution < 1.29 is 14.0 Å². The van der Waals surface area contributed by atoms with Crippen molar-refractivity contribution in [3.8, 4) is 0 Å². The van der Waals surface area contributed by atoms with Crippen molar-refractivity contribution in [1.82, 2.24) is 15.6 Å². The Morgan fingerprint density at radius 1 is 1.19 bits per heavy atom. The maximum absolute atomic E-state index is 14.7.